The fraction of sp³-hybridized carbons (Fsp3) is 1.00. The number of hydrogen-bond acceptors (Lipinski definition) is 5. The predicted octanol–water partition coefficient (Wildman–Crippen LogP) is 12.9. The maximum atomic E-state index is 10.9. The second kappa shape index (κ2) is 36.8. The molecule has 1 rings (SSSR count). The van der Waals surface area contributed by atoms with Crippen LogP contribution < -0.4 is 5.32 Å². The highest BCUT2D eigenvalue weighted by molar-refractivity contribution is 4.98. The minimum absolute atomic E-state index is 0.169. The molecule has 0 saturated carbocycles. The lowest BCUT2D eigenvalue weighted by Gasteiger charge is -2.46. The van der Waals surface area contributed by atoms with Crippen molar-refractivity contribution in [3.8, 4) is 0 Å². The number of aliphatic hydroxyl groups is 3. The van der Waals surface area contributed by atoms with Gasteiger partial charge in [-0.05, 0) is 12.8 Å². The summed E-state index contributed by atoms with van der Waals surface area (Å²) < 4.78 is 5.59. The van der Waals surface area contributed by atoms with Gasteiger partial charge in [0.15, 0.2) is 0 Å². The molecule has 0 aromatic rings. The smallest absolute Gasteiger partial charge is 0.0974 e. The Morgan fingerprint density at radius 1 is 0.451 bits per heavy atom. The first-order valence-electron chi connectivity index (χ1n) is 23.4. The normalized spacial score (nSPS) is 15.9. The molecule has 1 aliphatic rings. The van der Waals surface area contributed by atoms with E-state index in [-0.39, 0.29) is 12.1 Å². The van der Waals surface area contributed by atoms with Gasteiger partial charge < -0.3 is 20.1 Å². The van der Waals surface area contributed by atoms with Gasteiger partial charge >= 0.3 is 0 Å². The van der Waals surface area contributed by atoms with Crippen molar-refractivity contribution in [3.63, 3.8) is 0 Å². The average Bonchev–Trinajstić information content (AvgIpc) is 3.12. The first kappa shape index (κ1) is 48.8. The third-order valence-corrected chi connectivity index (χ3v) is 11.9. The van der Waals surface area contributed by atoms with Crippen LogP contribution in [0.1, 0.15) is 251 Å². The van der Waals surface area contributed by atoms with Crippen LogP contribution in [0.2, 0.25) is 0 Å². The Morgan fingerprint density at radius 2 is 0.745 bits per heavy atom. The van der Waals surface area contributed by atoms with Gasteiger partial charge in [0, 0.05) is 0 Å². The third kappa shape index (κ3) is 28.9. The van der Waals surface area contributed by atoms with Crippen LogP contribution in [0.25, 0.3) is 0 Å². The van der Waals surface area contributed by atoms with Crippen molar-refractivity contribution in [2.45, 2.75) is 275 Å². The second-order valence-corrected chi connectivity index (χ2v) is 17.0. The SMILES string of the molecule is CCCCCCCCCCCCCCCCCCCCCCCCCC1(N[C@@H](CO)[C@H](O)[C@H](O)CCCCCCCCCCCCCC)COC1. The van der Waals surface area contributed by atoms with Gasteiger partial charge in [0.1, 0.15) is 0 Å². The van der Waals surface area contributed by atoms with Crippen molar-refractivity contribution < 1.29 is 20.1 Å². The van der Waals surface area contributed by atoms with Crippen molar-refractivity contribution in [1.82, 2.24) is 5.32 Å². The van der Waals surface area contributed by atoms with Crippen LogP contribution >= 0.6 is 0 Å². The molecule has 3 atom stereocenters. The number of aliphatic hydroxyl groups excluding tert-OH is 3. The van der Waals surface area contributed by atoms with E-state index in [0.29, 0.717) is 19.6 Å². The molecule has 0 aromatic carbocycles. The van der Waals surface area contributed by atoms with Crippen molar-refractivity contribution in [1.29, 1.82) is 0 Å². The Labute approximate surface area is 319 Å². The molecule has 0 unspecified atom stereocenters. The summed E-state index contributed by atoms with van der Waals surface area (Å²) in [5, 5.41) is 35.2. The maximum absolute atomic E-state index is 10.9. The molecule has 5 heteroatoms. The molecular formula is C46H93NO4. The zero-order valence-corrected chi connectivity index (χ0v) is 34.8. The van der Waals surface area contributed by atoms with E-state index in [1.165, 1.54) is 205 Å². The van der Waals surface area contributed by atoms with Crippen molar-refractivity contribution in [2.75, 3.05) is 19.8 Å². The van der Waals surface area contributed by atoms with Crippen LogP contribution in [0.3, 0.4) is 0 Å². The standard InChI is InChI=1S/C46H93NO4/c1-3-5-7-9-11-13-15-17-18-19-20-21-22-23-24-25-26-27-29-31-33-35-37-39-46(41-51-42-46)47-43(40-48)45(50)44(49)38-36-34-32-30-28-16-14-12-10-8-6-4-2/h43-45,47-50H,3-42H2,1-2H3/t43-,44+,45-/m0/s1. The Kier molecular flexibility index (Phi) is 35.2. The molecule has 5 nitrogen and oxygen atoms in total. The monoisotopic (exact) mass is 724 g/mol. The molecule has 0 aromatic heterocycles. The molecule has 0 aliphatic carbocycles. The molecule has 4 N–H and O–H groups in total. The molecular weight excluding hydrogens is 631 g/mol. The van der Waals surface area contributed by atoms with Crippen LogP contribution in [-0.4, -0.2) is 58.9 Å². The van der Waals surface area contributed by atoms with Crippen LogP contribution in [-0.2, 0) is 4.74 Å². The van der Waals surface area contributed by atoms with Crippen LogP contribution in [0.15, 0.2) is 0 Å². The minimum atomic E-state index is -0.949. The molecule has 0 spiro atoms. The molecule has 0 bridgehead atoms. The number of rotatable bonds is 42. The highest BCUT2D eigenvalue weighted by Gasteiger charge is 2.41. The van der Waals surface area contributed by atoms with Gasteiger partial charge in [0.25, 0.3) is 0 Å². The molecule has 306 valence electrons. The lowest BCUT2D eigenvalue weighted by Crippen LogP contribution is -2.66. The molecule has 51 heavy (non-hydrogen) atoms. The Morgan fingerprint density at radius 3 is 1.02 bits per heavy atom. The largest absolute Gasteiger partial charge is 0.395 e. The average molecular weight is 724 g/mol. The van der Waals surface area contributed by atoms with Crippen LogP contribution in [0.5, 0.6) is 0 Å². The third-order valence-electron chi connectivity index (χ3n) is 11.9. The van der Waals surface area contributed by atoms with Gasteiger partial charge in [-0.3, -0.25) is 5.32 Å². The van der Waals surface area contributed by atoms with Crippen molar-refractivity contribution >= 4 is 0 Å². The Bertz CT molecular complexity index is 686. The van der Waals surface area contributed by atoms with E-state index in [0.717, 1.165) is 25.7 Å². The van der Waals surface area contributed by atoms with Crippen LogP contribution in [0, 0.1) is 0 Å². The molecule has 1 heterocycles. The van der Waals surface area contributed by atoms with Gasteiger partial charge in [0.2, 0.25) is 0 Å². The highest BCUT2D eigenvalue weighted by atomic mass is 16.5. The van der Waals surface area contributed by atoms with Gasteiger partial charge in [-0.2, -0.15) is 0 Å². The van der Waals surface area contributed by atoms with E-state index in [9.17, 15) is 15.3 Å². The summed E-state index contributed by atoms with van der Waals surface area (Å²) in [7, 11) is 0. The highest BCUT2D eigenvalue weighted by Crippen LogP contribution is 2.27. The van der Waals surface area contributed by atoms with Crippen LogP contribution in [0.4, 0.5) is 0 Å². The number of unbranched alkanes of at least 4 members (excludes halogenated alkanes) is 33. The van der Waals surface area contributed by atoms with E-state index < -0.39 is 18.2 Å². The summed E-state index contributed by atoms with van der Waals surface area (Å²) in [6, 6.07) is -0.509. The molecule has 1 aliphatic heterocycles. The van der Waals surface area contributed by atoms with E-state index >= 15 is 0 Å². The van der Waals surface area contributed by atoms with Gasteiger partial charge in [-0.25, -0.2) is 0 Å². The molecule has 1 saturated heterocycles. The Balaban J connectivity index is 1.95. The van der Waals surface area contributed by atoms with Crippen molar-refractivity contribution in [3.05, 3.63) is 0 Å². The summed E-state index contributed by atoms with van der Waals surface area (Å²) in [6.07, 6.45) is 47.5. The van der Waals surface area contributed by atoms with E-state index in [1.807, 2.05) is 0 Å². The summed E-state index contributed by atoms with van der Waals surface area (Å²) in [5.74, 6) is 0. The minimum Gasteiger partial charge on any atom is -0.395 e. The second-order valence-electron chi connectivity index (χ2n) is 17.0. The fourth-order valence-electron chi connectivity index (χ4n) is 8.16. The van der Waals surface area contributed by atoms with Gasteiger partial charge in [-0.15, -0.1) is 0 Å². The first-order chi connectivity index (χ1) is 25.1. The summed E-state index contributed by atoms with van der Waals surface area (Å²) in [5.41, 5.74) is -0.169. The first-order valence-corrected chi connectivity index (χ1v) is 23.4. The molecule has 0 amide bonds. The predicted molar refractivity (Wildman–Crippen MR) is 222 cm³/mol. The fourth-order valence-corrected chi connectivity index (χ4v) is 8.16. The van der Waals surface area contributed by atoms with E-state index in [4.69, 9.17) is 4.74 Å². The summed E-state index contributed by atoms with van der Waals surface area (Å²) in [6.45, 7) is 5.66. The van der Waals surface area contributed by atoms with E-state index in [2.05, 4.69) is 19.2 Å². The number of ether oxygens (including phenoxy) is 1. The van der Waals surface area contributed by atoms with E-state index in [1.54, 1.807) is 0 Å². The maximum Gasteiger partial charge on any atom is 0.0974 e. The zero-order valence-electron chi connectivity index (χ0n) is 34.8. The Hall–Kier alpha value is -0.200. The summed E-state index contributed by atoms with van der Waals surface area (Å²) >= 11 is 0. The van der Waals surface area contributed by atoms with Gasteiger partial charge in [0.05, 0.1) is 43.6 Å². The van der Waals surface area contributed by atoms with Crippen molar-refractivity contribution in [2.24, 2.45) is 0 Å². The number of hydrogen-bond donors (Lipinski definition) is 4. The lowest BCUT2D eigenvalue weighted by molar-refractivity contribution is -0.104. The topological polar surface area (TPSA) is 82.0 Å². The quantitative estimate of drug-likeness (QED) is 0.0471. The van der Waals surface area contributed by atoms with Gasteiger partial charge in [-0.1, -0.05) is 239 Å². The lowest BCUT2D eigenvalue weighted by atomic mass is 9.87. The summed E-state index contributed by atoms with van der Waals surface area (Å²) in [4.78, 5) is 0. The molecule has 0 radical (unpaired) electrons. The molecule has 1 fully saturated rings. The number of nitrogens with one attached hydrogen (secondary N) is 1. The zero-order chi connectivity index (χ0) is 36.9.